The van der Waals surface area contributed by atoms with Crippen LogP contribution in [-0.4, -0.2) is 5.91 Å². The quantitative estimate of drug-likeness (QED) is 0.856. The molecule has 3 nitrogen and oxygen atoms in total. The standard InChI is InChI=1S/C14H15NO2/c1-9-6-10(2)8-12(7-9)15-14(16)13-5-4-11(3)17-13/h4-8H,1-3H3,(H,15,16). The molecule has 0 saturated heterocycles. The maximum atomic E-state index is 11.8. The Balaban J connectivity index is 2.18. The number of aryl methyl sites for hydroxylation is 3. The second-order valence-electron chi connectivity index (χ2n) is 4.24. The van der Waals surface area contributed by atoms with Crippen molar-refractivity contribution < 1.29 is 9.21 Å². The Kier molecular flexibility index (Phi) is 3.00. The second-order valence-corrected chi connectivity index (χ2v) is 4.24. The van der Waals surface area contributed by atoms with Gasteiger partial charge >= 0.3 is 0 Å². The molecular formula is C14H15NO2. The summed E-state index contributed by atoms with van der Waals surface area (Å²) in [7, 11) is 0. The molecule has 2 rings (SSSR count). The van der Waals surface area contributed by atoms with Gasteiger partial charge in [-0.1, -0.05) is 6.07 Å². The van der Waals surface area contributed by atoms with Gasteiger partial charge in [0.1, 0.15) is 5.76 Å². The zero-order chi connectivity index (χ0) is 12.4. The van der Waals surface area contributed by atoms with Crippen molar-refractivity contribution in [3.8, 4) is 0 Å². The summed E-state index contributed by atoms with van der Waals surface area (Å²) >= 11 is 0. The normalized spacial score (nSPS) is 10.3. The molecule has 88 valence electrons. The van der Waals surface area contributed by atoms with Crippen LogP contribution in [0.15, 0.2) is 34.7 Å². The Morgan fingerprint density at radius 3 is 2.24 bits per heavy atom. The molecule has 1 N–H and O–H groups in total. The summed E-state index contributed by atoms with van der Waals surface area (Å²) in [6, 6.07) is 9.37. The summed E-state index contributed by atoms with van der Waals surface area (Å²) < 4.78 is 5.27. The number of hydrogen-bond donors (Lipinski definition) is 1. The van der Waals surface area contributed by atoms with Gasteiger partial charge in [-0.25, -0.2) is 0 Å². The Morgan fingerprint density at radius 1 is 1.06 bits per heavy atom. The van der Waals surface area contributed by atoms with E-state index in [4.69, 9.17) is 4.42 Å². The van der Waals surface area contributed by atoms with E-state index < -0.39 is 0 Å². The fourth-order valence-corrected chi connectivity index (χ4v) is 1.80. The van der Waals surface area contributed by atoms with E-state index in [1.54, 1.807) is 12.1 Å². The van der Waals surface area contributed by atoms with E-state index in [-0.39, 0.29) is 5.91 Å². The molecule has 0 bridgehead atoms. The van der Waals surface area contributed by atoms with E-state index >= 15 is 0 Å². The van der Waals surface area contributed by atoms with Crippen molar-refractivity contribution in [3.63, 3.8) is 0 Å². The minimum Gasteiger partial charge on any atom is -0.456 e. The van der Waals surface area contributed by atoms with Gasteiger partial charge in [0.2, 0.25) is 0 Å². The van der Waals surface area contributed by atoms with Crippen LogP contribution in [0.3, 0.4) is 0 Å². The first-order valence-corrected chi connectivity index (χ1v) is 5.51. The molecule has 0 saturated carbocycles. The minimum absolute atomic E-state index is 0.219. The lowest BCUT2D eigenvalue weighted by Gasteiger charge is -2.05. The largest absolute Gasteiger partial charge is 0.456 e. The van der Waals surface area contributed by atoms with Gasteiger partial charge in [0.15, 0.2) is 5.76 Å². The van der Waals surface area contributed by atoms with Crippen LogP contribution < -0.4 is 5.32 Å². The molecule has 0 fully saturated rings. The van der Waals surface area contributed by atoms with Crippen molar-refractivity contribution in [1.82, 2.24) is 0 Å². The van der Waals surface area contributed by atoms with Gasteiger partial charge in [-0.2, -0.15) is 0 Å². The molecule has 0 aliphatic rings. The number of carbonyl (C=O) groups is 1. The lowest BCUT2D eigenvalue weighted by atomic mass is 10.1. The van der Waals surface area contributed by atoms with Crippen molar-refractivity contribution in [1.29, 1.82) is 0 Å². The highest BCUT2D eigenvalue weighted by atomic mass is 16.3. The summed E-state index contributed by atoms with van der Waals surface area (Å²) in [5.41, 5.74) is 3.04. The summed E-state index contributed by atoms with van der Waals surface area (Å²) in [5, 5.41) is 2.82. The highest BCUT2D eigenvalue weighted by Crippen LogP contribution is 2.15. The van der Waals surface area contributed by atoms with E-state index in [1.807, 2.05) is 32.9 Å². The number of rotatable bonds is 2. The van der Waals surface area contributed by atoms with E-state index in [0.29, 0.717) is 5.76 Å². The molecule has 0 unspecified atom stereocenters. The van der Waals surface area contributed by atoms with Crippen LogP contribution in [0.4, 0.5) is 5.69 Å². The highest BCUT2D eigenvalue weighted by molar-refractivity contribution is 6.02. The predicted molar refractivity (Wildman–Crippen MR) is 67.3 cm³/mol. The maximum absolute atomic E-state index is 11.8. The Hall–Kier alpha value is -2.03. The van der Waals surface area contributed by atoms with Crippen molar-refractivity contribution in [2.24, 2.45) is 0 Å². The van der Waals surface area contributed by atoms with Crippen LogP contribution in [0.5, 0.6) is 0 Å². The monoisotopic (exact) mass is 229 g/mol. The third kappa shape index (κ3) is 2.75. The Morgan fingerprint density at radius 2 is 1.71 bits per heavy atom. The highest BCUT2D eigenvalue weighted by Gasteiger charge is 2.10. The number of benzene rings is 1. The molecule has 1 amide bonds. The first-order valence-electron chi connectivity index (χ1n) is 5.51. The molecule has 0 radical (unpaired) electrons. The van der Waals surface area contributed by atoms with Crippen LogP contribution in [-0.2, 0) is 0 Å². The number of carbonyl (C=O) groups excluding carboxylic acids is 1. The number of hydrogen-bond acceptors (Lipinski definition) is 2. The average Bonchev–Trinajstić information content (AvgIpc) is 2.63. The van der Waals surface area contributed by atoms with Crippen LogP contribution in [0.2, 0.25) is 0 Å². The first-order chi connectivity index (χ1) is 8.04. The topological polar surface area (TPSA) is 42.2 Å². The fourth-order valence-electron chi connectivity index (χ4n) is 1.80. The van der Waals surface area contributed by atoms with E-state index in [9.17, 15) is 4.79 Å². The van der Waals surface area contributed by atoms with Crippen LogP contribution in [0.1, 0.15) is 27.4 Å². The number of amides is 1. The summed E-state index contributed by atoms with van der Waals surface area (Å²) in [6.45, 7) is 5.81. The summed E-state index contributed by atoms with van der Waals surface area (Å²) in [6.07, 6.45) is 0. The van der Waals surface area contributed by atoms with Gasteiger partial charge in [0.25, 0.3) is 5.91 Å². The van der Waals surface area contributed by atoms with E-state index in [0.717, 1.165) is 22.6 Å². The molecule has 0 aliphatic heterocycles. The SMILES string of the molecule is Cc1cc(C)cc(NC(=O)c2ccc(C)o2)c1. The predicted octanol–water partition coefficient (Wildman–Crippen LogP) is 3.46. The zero-order valence-electron chi connectivity index (χ0n) is 10.2. The van der Waals surface area contributed by atoms with Crippen LogP contribution in [0.25, 0.3) is 0 Å². The average molecular weight is 229 g/mol. The molecule has 17 heavy (non-hydrogen) atoms. The first kappa shape index (κ1) is 11.5. The van der Waals surface area contributed by atoms with Crippen molar-refractivity contribution in [2.75, 3.05) is 5.32 Å². The smallest absolute Gasteiger partial charge is 0.291 e. The molecule has 0 spiro atoms. The van der Waals surface area contributed by atoms with Gasteiger partial charge in [-0.3, -0.25) is 4.79 Å². The minimum atomic E-state index is -0.219. The van der Waals surface area contributed by atoms with Crippen molar-refractivity contribution in [2.45, 2.75) is 20.8 Å². The molecule has 0 aliphatic carbocycles. The molecule has 1 heterocycles. The third-order valence-corrected chi connectivity index (χ3v) is 2.44. The number of furan rings is 1. The van der Waals surface area contributed by atoms with Gasteiger partial charge in [0.05, 0.1) is 0 Å². The van der Waals surface area contributed by atoms with Gasteiger partial charge in [-0.15, -0.1) is 0 Å². The number of anilines is 1. The van der Waals surface area contributed by atoms with Gasteiger partial charge in [-0.05, 0) is 56.2 Å². The third-order valence-electron chi connectivity index (χ3n) is 2.44. The Labute approximate surface area is 100 Å². The number of nitrogens with one attached hydrogen (secondary N) is 1. The Bertz CT molecular complexity index is 535. The summed E-state index contributed by atoms with van der Waals surface area (Å²) in [4.78, 5) is 11.8. The molecule has 1 aromatic heterocycles. The molecular weight excluding hydrogens is 214 g/mol. The van der Waals surface area contributed by atoms with Gasteiger partial charge in [0, 0.05) is 5.69 Å². The lowest BCUT2D eigenvalue weighted by Crippen LogP contribution is -2.11. The lowest BCUT2D eigenvalue weighted by molar-refractivity contribution is 0.0995. The molecule has 0 atom stereocenters. The molecule has 1 aromatic carbocycles. The van der Waals surface area contributed by atoms with E-state index in [1.165, 1.54) is 0 Å². The van der Waals surface area contributed by atoms with Crippen molar-refractivity contribution in [3.05, 3.63) is 53.0 Å². The fraction of sp³-hybridized carbons (Fsp3) is 0.214. The van der Waals surface area contributed by atoms with Crippen LogP contribution >= 0.6 is 0 Å². The van der Waals surface area contributed by atoms with Crippen LogP contribution in [0, 0.1) is 20.8 Å². The van der Waals surface area contributed by atoms with Gasteiger partial charge < -0.3 is 9.73 Å². The van der Waals surface area contributed by atoms with Crippen molar-refractivity contribution >= 4 is 11.6 Å². The second kappa shape index (κ2) is 4.45. The summed E-state index contributed by atoms with van der Waals surface area (Å²) in [5.74, 6) is 0.848. The molecule has 3 heteroatoms. The molecule has 2 aromatic rings. The van der Waals surface area contributed by atoms with E-state index in [2.05, 4.69) is 11.4 Å². The maximum Gasteiger partial charge on any atom is 0.291 e. The zero-order valence-corrected chi connectivity index (χ0v) is 10.2.